The Morgan fingerprint density at radius 3 is 2.31 bits per heavy atom. The Labute approximate surface area is 172 Å². The number of rotatable bonds is 7. The van der Waals surface area contributed by atoms with Gasteiger partial charge in [0, 0.05) is 13.1 Å². The number of nitrogens with zero attached hydrogens (tertiary/aromatic N) is 1. The van der Waals surface area contributed by atoms with Crippen LogP contribution < -0.4 is 4.74 Å². The zero-order valence-electron chi connectivity index (χ0n) is 17.2. The molecule has 1 aliphatic carbocycles. The molecule has 1 amide bonds. The van der Waals surface area contributed by atoms with Crippen LogP contribution in [-0.4, -0.2) is 36.0 Å². The van der Waals surface area contributed by atoms with Crippen LogP contribution in [0, 0.1) is 0 Å². The zero-order valence-corrected chi connectivity index (χ0v) is 17.2. The van der Waals surface area contributed by atoms with Crippen LogP contribution in [0.5, 0.6) is 5.75 Å². The second kappa shape index (κ2) is 10.1. The Balaban J connectivity index is 1.51. The molecule has 3 rings (SSSR count). The molecule has 0 radical (unpaired) electrons. The summed E-state index contributed by atoms with van der Waals surface area (Å²) in [5, 5.41) is 0. The average molecular weight is 395 g/mol. The van der Waals surface area contributed by atoms with Gasteiger partial charge in [-0.25, -0.2) is 4.79 Å². The highest BCUT2D eigenvalue weighted by molar-refractivity contribution is 5.92. The third kappa shape index (κ3) is 5.83. The molecule has 154 valence electrons. The number of likely N-dealkylation sites (N-methyl/N-ethyl adjacent to an activating group) is 1. The molecule has 2 aromatic rings. The maximum Gasteiger partial charge on any atom is 0.338 e. The maximum atomic E-state index is 12.6. The molecule has 0 bridgehead atoms. The number of carbonyl (C=O) groups is 2. The topological polar surface area (TPSA) is 55.8 Å². The molecule has 1 atom stereocenters. The van der Waals surface area contributed by atoms with Gasteiger partial charge < -0.3 is 14.4 Å². The third-order valence-electron chi connectivity index (χ3n) is 5.44. The zero-order chi connectivity index (χ0) is 20.6. The lowest BCUT2D eigenvalue weighted by Gasteiger charge is -2.32. The lowest BCUT2D eigenvalue weighted by molar-refractivity contribution is -0.141. The Hall–Kier alpha value is -2.82. The second-order valence-corrected chi connectivity index (χ2v) is 7.59. The van der Waals surface area contributed by atoms with Gasteiger partial charge >= 0.3 is 5.97 Å². The van der Waals surface area contributed by atoms with E-state index in [1.165, 1.54) is 6.42 Å². The van der Waals surface area contributed by atoms with Gasteiger partial charge in [-0.05, 0) is 49.6 Å². The van der Waals surface area contributed by atoms with Crippen molar-refractivity contribution >= 4 is 11.9 Å². The van der Waals surface area contributed by atoms with Gasteiger partial charge in [0.2, 0.25) is 0 Å². The van der Waals surface area contributed by atoms with E-state index in [0.29, 0.717) is 17.9 Å². The molecule has 0 spiro atoms. The van der Waals surface area contributed by atoms with Crippen molar-refractivity contribution in [1.82, 2.24) is 4.90 Å². The predicted octanol–water partition coefficient (Wildman–Crippen LogP) is 4.60. The van der Waals surface area contributed by atoms with E-state index < -0.39 is 12.1 Å². The van der Waals surface area contributed by atoms with E-state index in [-0.39, 0.29) is 11.9 Å². The minimum absolute atomic E-state index is 0.145. The summed E-state index contributed by atoms with van der Waals surface area (Å²) in [6.07, 6.45) is 4.77. The fourth-order valence-electron chi connectivity index (χ4n) is 3.64. The normalized spacial score (nSPS) is 15.4. The third-order valence-corrected chi connectivity index (χ3v) is 5.44. The van der Waals surface area contributed by atoms with Gasteiger partial charge in [-0.15, -0.1) is 0 Å². The van der Waals surface area contributed by atoms with E-state index in [0.717, 1.165) is 31.2 Å². The standard InChI is InChI=1S/C24H29NO4/c1-18(23(26)25(2)21-11-7-4-8-12-21)29-24(27)20-13-15-22(16-14-20)28-17-19-9-5-3-6-10-19/h3,5-6,9-10,13-16,18,21H,4,7-8,11-12,17H2,1-2H3/t18-/m0/s1. The van der Waals surface area contributed by atoms with Gasteiger partial charge in [-0.3, -0.25) is 4.79 Å². The minimum atomic E-state index is -0.802. The van der Waals surface area contributed by atoms with Gasteiger partial charge in [0.25, 0.3) is 5.91 Å². The molecular formula is C24H29NO4. The summed E-state index contributed by atoms with van der Waals surface area (Å²) in [5.41, 5.74) is 1.47. The lowest BCUT2D eigenvalue weighted by atomic mass is 9.94. The monoisotopic (exact) mass is 395 g/mol. The SMILES string of the molecule is C[C@H](OC(=O)c1ccc(OCc2ccccc2)cc1)C(=O)N(C)C1CCCCC1. The van der Waals surface area contributed by atoms with Crippen LogP contribution in [0.3, 0.4) is 0 Å². The van der Waals surface area contributed by atoms with Gasteiger partial charge in [0.15, 0.2) is 6.10 Å². The molecule has 0 heterocycles. The lowest BCUT2D eigenvalue weighted by Crippen LogP contribution is -2.44. The van der Waals surface area contributed by atoms with Crippen molar-refractivity contribution in [1.29, 1.82) is 0 Å². The first-order valence-electron chi connectivity index (χ1n) is 10.3. The Kier molecular flexibility index (Phi) is 7.28. The summed E-state index contributed by atoms with van der Waals surface area (Å²) >= 11 is 0. The average Bonchev–Trinajstić information content (AvgIpc) is 2.78. The number of ether oxygens (including phenoxy) is 2. The molecule has 2 aromatic carbocycles. The number of carbonyl (C=O) groups excluding carboxylic acids is 2. The molecule has 0 aliphatic heterocycles. The Morgan fingerprint density at radius 1 is 1.00 bits per heavy atom. The molecule has 0 aromatic heterocycles. The number of amides is 1. The number of benzene rings is 2. The van der Waals surface area contributed by atoms with Crippen LogP contribution >= 0.6 is 0 Å². The van der Waals surface area contributed by atoms with Crippen molar-refractivity contribution in [2.75, 3.05) is 7.05 Å². The molecule has 1 aliphatic rings. The molecule has 1 saturated carbocycles. The van der Waals surface area contributed by atoms with Gasteiger partial charge in [0.05, 0.1) is 5.56 Å². The summed E-state index contributed by atoms with van der Waals surface area (Å²) in [7, 11) is 1.81. The highest BCUT2D eigenvalue weighted by atomic mass is 16.5. The molecular weight excluding hydrogens is 366 g/mol. The largest absolute Gasteiger partial charge is 0.489 e. The van der Waals surface area contributed by atoms with E-state index >= 15 is 0 Å². The van der Waals surface area contributed by atoms with Gasteiger partial charge in [-0.2, -0.15) is 0 Å². The first-order chi connectivity index (χ1) is 14.0. The predicted molar refractivity (Wildman–Crippen MR) is 112 cm³/mol. The summed E-state index contributed by atoms with van der Waals surface area (Å²) in [4.78, 5) is 26.8. The first kappa shape index (κ1) is 20.9. The summed E-state index contributed by atoms with van der Waals surface area (Å²) in [6, 6.07) is 16.9. The van der Waals surface area contributed by atoms with E-state index in [4.69, 9.17) is 9.47 Å². The highest BCUT2D eigenvalue weighted by Gasteiger charge is 2.27. The van der Waals surface area contributed by atoms with Crippen LogP contribution in [0.4, 0.5) is 0 Å². The van der Waals surface area contributed by atoms with E-state index in [9.17, 15) is 9.59 Å². The van der Waals surface area contributed by atoms with Crippen LogP contribution in [0.2, 0.25) is 0 Å². The van der Waals surface area contributed by atoms with Gasteiger partial charge in [0.1, 0.15) is 12.4 Å². The van der Waals surface area contributed by atoms with Crippen LogP contribution in [0.15, 0.2) is 54.6 Å². The molecule has 29 heavy (non-hydrogen) atoms. The highest BCUT2D eigenvalue weighted by Crippen LogP contribution is 2.22. The number of hydrogen-bond acceptors (Lipinski definition) is 4. The van der Waals surface area contributed by atoms with Crippen molar-refractivity contribution in [3.8, 4) is 5.75 Å². The van der Waals surface area contributed by atoms with E-state index in [2.05, 4.69) is 0 Å². The van der Waals surface area contributed by atoms with Crippen molar-refractivity contribution in [3.63, 3.8) is 0 Å². The molecule has 0 unspecified atom stereocenters. The fraction of sp³-hybridized carbons (Fsp3) is 0.417. The van der Waals surface area contributed by atoms with Crippen molar-refractivity contribution in [2.45, 2.75) is 57.8 Å². The van der Waals surface area contributed by atoms with Crippen molar-refractivity contribution in [3.05, 3.63) is 65.7 Å². The molecule has 0 saturated heterocycles. The molecule has 0 N–H and O–H groups in total. The van der Waals surface area contributed by atoms with Crippen LogP contribution in [0.25, 0.3) is 0 Å². The van der Waals surface area contributed by atoms with Crippen molar-refractivity contribution < 1.29 is 19.1 Å². The van der Waals surface area contributed by atoms with Crippen LogP contribution in [-0.2, 0) is 16.1 Å². The van der Waals surface area contributed by atoms with Crippen LogP contribution in [0.1, 0.15) is 54.9 Å². The van der Waals surface area contributed by atoms with E-state index in [1.54, 1.807) is 36.1 Å². The second-order valence-electron chi connectivity index (χ2n) is 7.59. The molecule has 5 nitrogen and oxygen atoms in total. The smallest absolute Gasteiger partial charge is 0.338 e. The van der Waals surface area contributed by atoms with E-state index in [1.807, 2.05) is 37.4 Å². The fourth-order valence-corrected chi connectivity index (χ4v) is 3.64. The first-order valence-corrected chi connectivity index (χ1v) is 10.3. The minimum Gasteiger partial charge on any atom is -0.489 e. The quantitative estimate of drug-likeness (QED) is 0.643. The summed E-state index contributed by atoms with van der Waals surface area (Å²) in [6.45, 7) is 2.10. The molecule has 1 fully saturated rings. The number of esters is 1. The maximum absolute atomic E-state index is 12.6. The summed E-state index contributed by atoms with van der Waals surface area (Å²) in [5.74, 6) is 0.0251. The van der Waals surface area contributed by atoms with Gasteiger partial charge in [-0.1, -0.05) is 49.6 Å². The Bertz CT molecular complexity index is 797. The number of hydrogen-bond donors (Lipinski definition) is 0. The van der Waals surface area contributed by atoms with Crippen molar-refractivity contribution in [2.24, 2.45) is 0 Å². The molecule has 5 heteroatoms. The Morgan fingerprint density at radius 2 is 1.66 bits per heavy atom. The summed E-state index contributed by atoms with van der Waals surface area (Å²) < 4.78 is 11.1.